The van der Waals surface area contributed by atoms with Gasteiger partial charge < -0.3 is 14.8 Å². The Morgan fingerprint density at radius 1 is 1.00 bits per heavy atom. The summed E-state index contributed by atoms with van der Waals surface area (Å²) < 4.78 is 37.7. The molecule has 0 bridgehead atoms. The number of benzene rings is 1. The molecule has 9 nitrogen and oxygen atoms in total. The van der Waals surface area contributed by atoms with E-state index in [4.69, 9.17) is 9.47 Å². The van der Waals surface area contributed by atoms with Crippen LogP contribution < -0.4 is 5.32 Å². The zero-order chi connectivity index (χ0) is 23.3. The number of nitrogens with one attached hydrogen (secondary N) is 1. The van der Waals surface area contributed by atoms with E-state index in [0.29, 0.717) is 29.6 Å². The van der Waals surface area contributed by atoms with Crippen LogP contribution in [0.3, 0.4) is 0 Å². The average molecular weight is 486 g/mol. The van der Waals surface area contributed by atoms with Crippen LogP contribution >= 0.6 is 11.3 Å². The van der Waals surface area contributed by atoms with Gasteiger partial charge in [0.25, 0.3) is 0 Å². The summed E-state index contributed by atoms with van der Waals surface area (Å²) in [7, 11) is -3.84. The Balaban J connectivity index is 1.73. The lowest BCUT2D eigenvalue weighted by Gasteiger charge is -2.18. The first-order chi connectivity index (χ1) is 16.0. The fraction of sp³-hybridized carbons (Fsp3) is 0.273. The SMILES string of the molecule is CCOC(OCC)c1cc(Nc2nc3cccnc3s2)nc(S(=O)(=O)Cc2ccccc2)n1. The van der Waals surface area contributed by atoms with Crippen LogP contribution in [0.4, 0.5) is 10.9 Å². The first-order valence-corrected chi connectivity index (χ1v) is 12.8. The quantitative estimate of drug-likeness (QED) is 0.260. The van der Waals surface area contributed by atoms with Crippen LogP contribution in [0.1, 0.15) is 31.4 Å². The third-order valence-electron chi connectivity index (χ3n) is 4.48. The molecule has 0 aliphatic rings. The molecule has 1 N–H and O–H groups in total. The van der Waals surface area contributed by atoms with Gasteiger partial charge in [-0.2, -0.15) is 0 Å². The third kappa shape index (κ3) is 5.69. The van der Waals surface area contributed by atoms with Crippen molar-refractivity contribution < 1.29 is 17.9 Å². The molecule has 3 heterocycles. The molecule has 0 saturated heterocycles. The average Bonchev–Trinajstić information content (AvgIpc) is 3.21. The monoisotopic (exact) mass is 485 g/mol. The highest BCUT2D eigenvalue weighted by atomic mass is 32.2. The molecule has 4 rings (SSSR count). The molecule has 4 aromatic rings. The van der Waals surface area contributed by atoms with Crippen molar-refractivity contribution in [1.29, 1.82) is 0 Å². The van der Waals surface area contributed by atoms with Crippen LogP contribution in [0.2, 0.25) is 0 Å². The van der Waals surface area contributed by atoms with Gasteiger partial charge in [0.05, 0.1) is 5.75 Å². The number of sulfone groups is 1. The Hall–Kier alpha value is -2.99. The number of hydrogen-bond acceptors (Lipinski definition) is 10. The van der Waals surface area contributed by atoms with E-state index < -0.39 is 16.1 Å². The second kappa shape index (κ2) is 10.3. The van der Waals surface area contributed by atoms with Crippen LogP contribution in [0, 0.1) is 0 Å². The van der Waals surface area contributed by atoms with Gasteiger partial charge in [-0.25, -0.2) is 28.4 Å². The minimum atomic E-state index is -3.84. The molecule has 0 aliphatic carbocycles. The van der Waals surface area contributed by atoms with Gasteiger partial charge in [0.15, 0.2) is 5.13 Å². The third-order valence-corrected chi connectivity index (χ3v) is 6.83. The molecular formula is C22H23N5O4S2. The molecule has 3 aromatic heterocycles. The number of rotatable bonds is 10. The summed E-state index contributed by atoms with van der Waals surface area (Å²) in [4.78, 5) is 18.1. The van der Waals surface area contributed by atoms with Crippen molar-refractivity contribution in [3.05, 3.63) is 66.0 Å². The highest BCUT2D eigenvalue weighted by molar-refractivity contribution is 7.90. The van der Waals surface area contributed by atoms with E-state index in [1.54, 1.807) is 42.6 Å². The van der Waals surface area contributed by atoms with Gasteiger partial charge in [0.2, 0.25) is 21.3 Å². The summed E-state index contributed by atoms with van der Waals surface area (Å²) in [5.41, 5.74) is 1.68. The number of pyridine rings is 1. The molecule has 0 amide bonds. The largest absolute Gasteiger partial charge is 0.347 e. The fourth-order valence-electron chi connectivity index (χ4n) is 3.08. The Kier molecular flexibility index (Phi) is 7.23. The molecule has 0 radical (unpaired) electrons. The zero-order valence-electron chi connectivity index (χ0n) is 18.1. The maximum Gasteiger partial charge on any atom is 0.249 e. The van der Waals surface area contributed by atoms with Crippen LogP contribution in [-0.4, -0.2) is 41.6 Å². The van der Waals surface area contributed by atoms with E-state index in [-0.39, 0.29) is 16.7 Å². The molecule has 0 saturated carbocycles. The molecule has 0 spiro atoms. The summed E-state index contributed by atoms with van der Waals surface area (Å²) in [5.74, 6) is 0.0468. The van der Waals surface area contributed by atoms with Gasteiger partial charge >= 0.3 is 0 Å². The summed E-state index contributed by atoms with van der Waals surface area (Å²) in [6.07, 6.45) is 0.863. The Morgan fingerprint density at radius 2 is 1.76 bits per heavy atom. The number of hydrogen-bond donors (Lipinski definition) is 1. The Morgan fingerprint density at radius 3 is 2.45 bits per heavy atom. The smallest absolute Gasteiger partial charge is 0.249 e. The molecule has 172 valence electrons. The molecule has 0 atom stereocenters. The lowest BCUT2D eigenvalue weighted by Crippen LogP contribution is -2.16. The van der Waals surface area contributed by atoms with E-state index in [1.165, 1.54) is 11.3 Å². The lowest BCUT2D eigenvalue weighted by atomic mass is 10.2. The maximum absolute atomic E-state index is 13.2. The molecule has 33 heavy (non-hydrogen) atoms. The zero-order valence-corrected chi connectivity index (χ0v) is 19.8. The topological polar surface area (TPSA) is 116 Å². The number of anilines is 2. The van der Waals surface area contributed by atoms with Gasteiger partial charge in [-0.15, -0.1) is 0 Å². The predicted molar refractivity (Wildman–Crippen MR) is 126 cm³/mol. The Bertz CT molecular complexity index is 1290. The van der Waals surface area contributed by atoms with Crippen LogP contribution in [-0.2, 0) is 25.1 Å². The van der Waals surface area contributed by atoms with Crippen molar-refractivity contribution in [2.24, 2.45) is 0 Å². The highest BCUT2D eigenvalue weighted by Gasteiger charge is 2.24. The normalized spacial score (nSPS) is 11.8. The molecular weight excluding hydrogens is 462 g/mol. The minimum absolute atomic E-state index is 0.226. The van der Waals surface area contributed by atoms with Crippen LogP contribution in [0.25, 0.3) is 10.3 Å². The lowest BCUT2D eigenvalue weighted by molar-refractivity contribution is -0.143. The predicted octanol–water partition coefficient (Wildman–Crippen LogP) is 4.27. The van der Waals surface area contributed by atoms with Crippen molar-refractivity contribution in [3.63, 3.8) is 0 Å². The summed E-state index contributed by atoms with van der Waals surface area (Å²) >= 11 is 1.34. The molecule has 0 unspecified atom stereocenters. The molecule has 11 heteroatoms. The maximum atomic E-state index is 13.2. The number of ether oxygens (including phenoxy) is 2. The van der Waals surface area contributed by atoms with Crippen LogP contribution in [0.5, 0.6) is 0 Å². The second-order valence-electron chi connectivity index (χ2n) is 6.92. The fourth-order valence-corrected chi connectivity index (χ4v) is 5.14. The van der Waals surface area contributed by atoms with Crippen LogP contribution in [0.15, 0.2) is 59.9 Å². The molecule has 0 aliphatic heterocycles. The minimum Gasteiger partial charge on any atom is -0.347 e. The molecule has 1 aromatic carbocycles. The summed E-state index contributed by atoms with van der Waals surface area (Å²) in [6, 6.07) is 14.2. The number of nitrogens with zero attached hydrogens (tertiary/aromatic N) is 4. The van der Waals surface area contributed by atoms with E-state index in [0.717, 1.165) is 10.3 Å². The number of aromatic nitrogens is 4. The van der Waals surface area contributed by atoms with E-state index in [2.05, 4.69) is 25.3 Å². The first-order valence-electron chi connectivity index (χ1n) is 10.4. The van der Waals surface area contributed by atoms with Crippen molar-refractivity contribution >= 4 is 42.5 Å². The van der Waals surface area contributed by atoms with Gasteiger partial charge in [-0.05, 0) is 31.5 Å². The standard InChI is InChI=1S/C22H23N5O4S2/c1-3-30-20(31-4-2)17-13-18(26-21-24-16-11-8-12-23-19(16)32-21)27-22(25-17)33(28,29)14-15-9-6-5-7-10-15/h5-13,20H,3-4,14H2,1-2H3,(H,24,25,26,27). The number of thiazole rings is 1. The van der Waals surface area contributed by atoms with Gasteiger partial charge in [-0.3, -0.25) is 0 Å². The van der Waals surface area contributed by atoms with Gasteiger partial charge in [0, 0.05) is 25.5 Å². The van der Waals surface area contributed by atoms with E-state index in [9.17, 15) is 8.42 Å². The van der Waals surface area contributed by atoms with E-state index in [1.807, 2.05) is 26.0 Å². The summed E-state index contributed by atoms with van der Waals surface area (Å²) in [5, 5.41) is 3.31. The van der Waals surface area contributed by atoms with Crippen molar-refractivity contribution in [2.75, 3.05) is 18.5 Å². The van der Waals surface area contributed by atoms with Crippen molar-refractivity contribution in [3.8, 4) is 0 Å². The first kappa shape index (κ1) is 23.2. The van der Waals surface area contributed by atoms with Crippen molar-refractivity contribution in [1.82, 2.24) is 19.9 Å². The molecule has 0 fully saturated rings. The van der Waals surface area contributed by atoms with Gasteiger partial charge in [-0.1, -0.05) is 41.7 Å². The second-order valence-corrected chi connectivity index (χ2v) is 9.78. The highest BCUT2D eigenvalue weighted by Crippen LogP contribution is 2.28. The summed E-state index contributed by atoms with van der Waals surface area (Å²) in [6.45, 7) is 4.39. The van der Waals surface area contributed by atoms with Crippen molar-refractivity contribution in [2.45, 2.75) is 31.0 Å². The van der Waals surface area contributed by atoms with Gasteiger partial charge in [0.1, 0.15) is 21.9 Å². The number of fused-ring (bicyclic) bond motifs is 1. The van der Waals surface area contributed by atoms with E-state index >= 15 is 0 Å². The Labute approximate surface area is 195 Å².